The van der Waals surface area contributed by atoms with E-state index in [1.54, 1.807) is 0 Å². The molecule has 0 aliphatic carbocycles. The number of halogens is 3. The van der Waals surface area contributed by atoms with E-state index in [-0.39, 0.29) is 18.2 Å². The Balaban J connectivity index is 1.73. The fourth-order valence-electron chi connectivity index (χ4n) is 2.11. The lowest BCUT2D eigenvalue weighted by Gasteiger charge is -2.11. The normalized spacial score (nSPS) is 18.0. The second-order valence-corrected chi connectivity index (χ2v) is 4.86. The molecule has 1 heterocycles. The fourth-order valence-corrected chi connectivity index (χ4v) is 2.11. The third kappa shape index (κ3) is 4.44. The van der Waals surface area contributed by atoms with Gasteiger partial charge in [0.2, 0.25) is 5.91 Å². The third-order valence-electron chi connectivity index (χ3n) is 3.23. The molecule has 1 atom stereocenters. The van der Waals surface area contributed by atoms with Crippen LogP contribution in [0, 0.1) is 17.5 Å². The number of nitrogens with one attached hydrogen (secondary N) is 2. The molecule has 0 radical (unpaired) electrons. The maximum atomic E-state index is 13.4. The Morgan fingerprint density at radius 3 is 2.81 bits per heavy atom. The molecule has 1 aliphatic heterocycles. The number of anilines is 1. The van der Waals surface area contributed by atoms with Gasteiger partial charge in [-0.05, 0) is 25.0 Å². The number of carbonyl (C=O) groups is 1. The van der Waals surface area contributed by atoms with Crippen LogP contribution >= 0.6 is 0 Å². The van der Waals surface area contributed by atoms with Crippen molar-refractivity contribution < 1.29 is 22.7 Å². The van der Waals surface area contributed by atoms with Gasteiger partial charge in [0.1, 0.15) is 0 Å². The van der Waals surface area contributed by atoms with Crippen molar-refractivity contribution in [1.29, 1.82) is 0 Å². The monoisotopic (exact) mass is 302 g/mol. The zero-order valence-electron chi connectivity index (χ0n) is 11.4. The van der Waals surface area contributed by atoms with Gasteiger partial charge in [-0.25, -0.2) is 13.2 Å². The molecule has 116 valence electrons. The van der Waals surface area contributed by atoms with Gasteiger partial charge in [0, 0.05) is 26.1 Å². The van der Waals surface area contributed by atoms with E-state index in [0.717, 1.165) is 31.6 Å². The molecule has 7 heteroatoms. The van der Waals surface area contributed by atoms with Gasteiger partial charge in [-0.1, -0.05) is 0 Å². The van der Waals surface area contributed by atoms with Crippen LogP contribution in [-0.2, 0) is 9.53 Å². The molecule has 0 bridgehead atoms. The summed E-state index contributed by atoms with van der Waals surface area (Å²) < 4.78 is 44.5. The highest BCUT2D eigenvalue weighted by Crippen LogP contribution is 2.19. The summed E-state index contributed by atoms with van der Waals surface area (Å²) >= 11 is 0. The molecule has 1 aliphatic rings. The van der Waals surface area contributed by atoms with Crippen LogP contribution in [-0.4, -0.2) is 31.7 Å². The molecule has 1 amide bonds. The number of amides is 1. The quantitative estimate of drug-likeness (QED) is 0.626. The zero-order valence-corrected chi connectivity index (χ0v) is 11.4. The van der Waals surface area contributed by atoms with Gasteiger partial charge in [-0.2, -0.15) is 0 Å². The predicted octanol–water partition coefficient (Wildman–Crippen LogP) is 2.20. The van der Waals surface area contributed by atoms with Gasteiger partial charge in [0.25, 0.3) is 0 Å². The van der Waals surface area contributed by atoms with Crippen molar-refractivity contribution in [2.75, 3.05) is 25.0 Å². The molecule has 0 aromatic heterocycles. The number of ether oxygens (including phenoxy) is 1. The van der Waals surface area contributed by atoms with Crippen LogP contribution < -0.4 is 10.6 Å². The SMILES string of the molecule is O=C(CCNCC1CCCO1)Nc1ccc(F)c(F)c1F. The summed E-state index contributed by atoms with van der Waals surface area (Å²) in [4.78, 5) is 11.6. The van der Waals surface area contributed by atoms with E-state index in [1.165, 1.54) is 0 Å². The van der Waals surface area contributed by atoms with E-state index in [1.807, 2.05) is 0 Å². The summed E-state index contributed by atoms with van der Waals surface area (Å²) in [6.45, 7) is 1.83. The van der Waals surface area contributed by atoms with Crippen LogP contribution in [0.2, 0.25) is 0 Å². The van der Waals surface area contributed by atoms with E-state index in [2.05, 4.69) is 10.6 Å². The molecule has 0 saturated carbocycles. The van der Waals surface area contributed by atoms with Crippen molar-refractivity contribution in [2.45, 2.75) is 25.4 Å². The summed E-state index contributed by atoms with van der Waals surface area (Å²) in [5.41, 5.74) is -0.363. The first kappa shape index (κ1) is 15.8. The maximum Gasteiger partial charge on any atom is 0.225 e. The molecular formula is C14H17F3N2O2. The third-order valence-corrected chi connectivity index (χ3v) is 3.23. The Kier molecular flexibility index (Phi) is 5.58. The lowest BCUT2D eigenvalue weighted by atomic mass is 10.2. The minimum atomic E-state index is -1.59. The minimum absolute atomic E-state index is 0.102. The van der Waals surface area contributed by atoms with Crippen LogP contribution in [0.15, 0.2) is 12.1 Å². The average molecular weight is 302 g/mol. The number of hydrogen-bond acceptors (Lipinski definition) is 3. The molecular weight excluding hydrogens is 285 g/mol. The second kappa shape index (κ2) is 7.42. The van der Waals surface area contributed by atoms with E-state index < -0.39 is 23.4 Å². The molecule has 1 saturated heterocycles. The Bertz CT molecular complexity index is 505. The lowest BCUT2D eigenvalue weighted by molar-refractivity contribution is -0.116. The predicted molar refractivity (Wildman–Crippen MR) is 71.4 cm³/mol. The van der Waals surface area contributed by atoms with Crippen LogP contribution in [0.5, 0.6) is 0 Å². The Labute approximate surface area is 120 Å². The van der Waals surface area contributed by atoms with Gasteiger partial charge in [0.05, 0.1) is 11.8 Å². The minimum Gasteiger partial charge on any atom is -0.377 e. The number of hydrogen-bond donors (Lipinski definition) is 2. The fraction of sp³-hybridized carbons (Fsp3) is 0.500. The molecule has 2 N–H and O–H groups in total. The van der Waals surface area contributed by atoms with Crippen LogP contribution in [0.4, 0.5) is 18.9 Å². The highest BCUT2D eigenvalue weighted by Gasteiger charge is 2.16. The zero-order chi connectivity index (χ0) is 15.2. The largest absolute Gasteiger partial charge is 0.377 e. The van der Waals surface area contributed by atoms with Gasteiger partial charge < -0.3 is 15.4 Å². The average Bonchev–Trinajstić information content (AvgIpc) is 2.98. The Morgan fingerprint density at radius 1 is 1.29 bits per heavy atom. The maximum absolute atomic E-state index is 13.4. The lowest BCUT2D eigenvalue weighted by Crippen LogP contribution is -2.29. The Morgan fingerprint density at radius 2 is 2.10 bits per heavy atom. The van der Waals surface area contributed by atoms with Gasteiger partial charge in [0.15, 0.2) is 17.5 Å². The van der Waals surface area contributed by atoms with Crippen molar-refractivity contribution in [3.63, 3.8) is 0 Å². The number of rotatable bonds is 6. The molecule has 1 fully saturated rings. The summed E-state index contributed by atoms with van der Waals surface area (Å²) in [5.74, 6) is -4.75. The molecule has 1 aromatic rings. The molecule has 1 aromatic carbocycles. The van der Waals surface area contributed by atoms with Crippen molar-refractivity contribution in [1.82, 2.24) is 5.32 Å². The first-order valence-electron chi connectivity index (χ1n) is 6.83. The highest BCUT2D eigenvalue weighted by atomic mass is 19.2. The summed E-state index contributed by atoms with van der Waals surface area (Å²) in [6, 6.07) is 1.76. The van der Waals surface area contributed by atoms with Crippen LogP contribution in [0.25, 0.3) is 0 Å². The highest BCUT2D eigenvalue weighted by molar-refractivity contribution is 5.90. The van der Waals surface area contributed by atoms with E-state index in [0.29, 0.717) is 13.1 Å². The van der Waals surface area contributed by atoms with E-state index >= 15 is 0 Å². The standard InChI is InChI=1S/C14H17F3N2O2/c15-10-3-4-11(14(17)13(10)16)19-12(20)5-6-18-8-9-2-1-7-21-9/h3-4,9,18H,1-2,5-8H2,(H,19,20). The molecule has 4 nitrogen and oxygen atoms in total. The smallest absolute Gasteiger partial charge is 0.225 e. The van der Waals surface area contributed by atoms with Crippen LogP contribution in [0.3, 0.4) is 0 Å². The van der Waals surface area contributed by atoms with Crippen molar-refractivity contribution >= 4 is 11.6 Å². The topological polar surface area (TPSA) is 50.4 Å². The Hall–Kier alpha value is -1.60. The number of benzene rings is 1. The van der Waals surface area contributed by atoms with E-state index in [9.17, 15) is 18.0 Å². The molecule has 0 spiro atoms. The van der Waals surface area contributed by atoms with Crippen LogP contribution in [0.1, 0.15) is 19.3 Å². The van der Waals surface area contributed by atoms with Gasteiger partial charge >= 0.3 is 0 Å². The molecule has 2 rings (SSSR count). The second-order valence-electron chi connectivity index (χ2n) is 4.86. The molecule has 21 heavy (non-hydrogen) atoms. The van der Waals surface area contributed by atoms with E-state index in [4.69, 9.17) is 4.74 Å². The van der Waals surface area contributed by atoms with Crippen molar-refractivity contribution in [3.8, 4) is 0 Å². The summed E-state index contributed by atoms with van der Waals surface area (Å²) in [5, 5.41) is 5.28. The summed E-state index contributed by atoms with van der Waals surface area (Å²) in [7, 11) is 0. The molecule has 1 unspecified atom stereocenters. The van der Waals surface area contributed by atoms with Gasteiger partial charge in [-0.3, -0.25) is 4.79 Å². The van der Waals surface area contributed by atoms with Gasteiger partial charge in [-0.15, -0.1) is 0 Å². The summed E-state index contributed by atoms with van der Waals surface area (Å²) in [6.07, 6.45) is 2.32. The number of carbonyl (C=O) groups excluding carboxylic acids is 1. The van der Waals surface area contributed by atoms with Crippen molar-refractivity contribution in [2.24, 2.45) is 0 Å². The first-order valence-corrected chi connectivity index (χ1v) is 6.83. The first-order chi connectivity index (χ1) is 10.1. The van der Waals surface area contributed by atoms with Crippen molar-refractivity contribution in [3.05, 3.63) is 29.6 Å².